The molecule has 0 bridgehead atoms. The molecule has 1 atom stereocenters. The molecule has 1 aromatic carbocycles. The Morgan fingerprint density at radius 3 is 2.74 bits per heavy atom. The van der Waals surface area contributed by atoms with Gasteiger partial charge in [0.2, 0.25) is 0 Å². The molecular formula is C15H21N3O. The Labute approximate surface area is 114 Å². The molecule has 3 rings (SSSR count). The number of likely N-dealkylation sites (N-methyl/N-ethyl adjacent to an activating group) is 1. The lowest BCUT2D eigenvalue weighted by atomic mass is 9.79. The summed E-state index contributed by atoms with van der Waals surface area (Å²) in [5.41, 5.74) is 2.03. The summed E-state index contributed by atoms with van der Waals surface area (Å²) in [6.07, 6.45) is 3.86. The zero-order chi connectivity index (χ0) is 13.4. The van der Waals surface area contributed by atoms with Crippen molar-refractivity contribution >= 4 is 17.4 Å². The van der Waals surface area contributed by atoms with Crippen LogP contribution in [0.3, 0.4) is 0 Å². The second kappa shape index (κ2) is 4.76. The molecule has 2 amide bonds. The number of carbonyl (C=O) groups excluding carboxylic acids is 1. The molecule has 1 heterocycles. The van der Waals surface area contributed by atoms with Gasteiger partial charge in [-0.1, -0.05) is 12.5 Å². The lowest BCUT2D eigenvalue weighted by Crippen LogP contribution is -2.39. The standard InChI is InChI=1S/C15H21N3O/c1-16-12-7-4-8-13(9-12)18-10-14(11-5-3-6-11)17(2)15(18)19/h4,7-9,11,14,16H,3,5-6,10H2,1-2H3. The number of nitrogens with zero attached hydrogens (tertiary/aromatic N) is 2. The molecule has 4 heteroatoms. The number of benzene rings is 1. The van der Waals surface area contributed by atoms with Crippen molar-refractivity contribution < 1.29 is 4.79 Å². The van der Waals surface area contributed by atoms with Crippen molar-refractivity contribution in [1.29, 1.82) is 0 Å². The van der Waals surface area contributed by atoms with Crippen molar-refractivity contribution in [3.05, 3.63) is 24.3 Å². The summed E-state index contributed by atoms with van der Waals surface area (Å²) < 4.78 is 0. The van der Waals surface area contributed by atoms with Gasteiger partial charge in [0, 0.05) is 32.0 Å². The Hall–Kier alpha value is -1.71. The number of rotatable bonds is 3. The zero-order valence-electron chi connectivity index (χ0n) is 11.6. The highest BCUT2D eigenvalue weighted by atomic mass is 16.2. The van der Waals surface area contributed by atoms with E-state index < -0.39 is 0 Å². The first-order valence-corrected chi connectivity index (χ1v) is 7.03. The number of carbonyl (C=O) groups is 1. The Balaban J connectivity index is 1.82. The van der Waals surface area contributed by atoms with Crippen molar-refractivity contribution in [1.82, 2.24) is 4.90 Å². The van der Waals surface area contributed by atoms with Gasteiger partial charge in [-0.05, 0) is 37.0 Å². The SMILES string of the molecule is CNc1cccc(N2CC(C3CCC3)N(C)C2=O)c1. The van der Waals surface area contributed by atoms with Crippen LogP contribution in [0, 0.1) is 5.92 Å². The van der Waals surface area contributed by atoms with E-state index in [1.165, 1.54) is 19.3 Å². The van der Waals surface area contributed by atoms with Gasteiger partial charge in [0.15, 0.2) is 0 Å². The molecule has 1 unspecified atom stereocenters. The molecule has 1 saturated heterocycles. The van der Waals surface area contributed by atoms with E-state index >= 15 is 0 Å². The van der Waals surface area contributed by atoms with Crippen molar-refractivity contribution in [2.24, 2.45) is 5.92 Å². The molecule has 0 aromatic heterocycles. The minimum atomic E-state index is 0.130. The number of anilines is 2. The minimum Gasteiger partial charge on any atom is -0.388 e. The average molecular weight is 259 g/mol. The van der Waals surface area contributed by atoms with Crippen LogP contribution in [-0.2, 0) is 0 Å². The van der Waals surface area contributed by atoms with E-state index in [0.717, 1.165) is 17.9 Å². The van der Waals surface area contributed by atoms with Crippen molar-refractivity contribution in [3.63, 3.8) is 0 Å². The van der Waals surface area contributed by atoms with E-state index in [-0.39, 0.29) is 6.03 Å². The molecule has 0 spiro atoms. The smallest absolute Gasteiger partial charge is 0.324 e. The first-order valence-electron chi connectivity index (χ1n) is 7.03. The molecule has 4 nitrogen and oxygen atoms in total. The minimum absolute atomic E-state index is 0.130. The lowest BCUT2D eigenvalue weighted by Gasteiger charge is -2.33. The second-order valence-electron chi connectivity index (χ2n) is 5.56. The molecule has 1 N–H and O–H groups in total. The summed E-state index contributed by atoms with van der Waals surface area (Å²) >= 11 is 0. The Kier molecular flexibility index (Phi) is 3.09. The molecule has 1 aliphatic carbocycles. The lowest BCUT2D eigenvalue weighted by molar-refractivity contribution is 0.164. The van der Waals surface area contributed by atoms with Gasteiger partial charge in [-0.2, -0.15) is 0 Å². The van der Waals surface area contributed by atoms with Gasteiger partial charge in [0.05, 0.1) is 6.04 Å². The summed E-state index contributed by atoms with van der Waals surface area (Å²) in [4.78, 5) is 16.2. The fourth-order valence-corrected chi connectivity index (χ4v) is 3.05. The van der Waals surface area contributed by atoms with Crippen LogP contribution in [0.2, 0.25) is 0 Å². The Morgan fingerprint density at radius 2 is 2.11 bits per heavy atom. The van der Waals surface area contributed by atoms with E-state index in [2.05, 4.69) is 5.32 Å². The Morgan fingerprint density at radius 1 is 1.32 bits per heavy atom. The van der Waals surface area contributed by atoms with E-state index in [9.17, 15) is 4.79 Å². The third-order valence-corrected chi connectivity index (χ3v) is 4.54. The summed E-state index contributed by atoms with van der Waals surface area (Å²) in [6.45, 7) is 0.827. The van der Waals surface area contributed by atoms with Gasteiger partial charge < -0.3 is 10.2 Å². The monoisotopic (exact) mass is 259 g/mol. The molecule has 1 aliphatic heterocycles. The van der Waals surface area contributed by atoms with Crippen molar-refractivity contribution in [2.45, 2.75) is 25.3 Å². The van der Waals surface area contributed by atoms with E-state index in [1.807, 2.05) is 48.2 Å². The van der Waals surface area contributed by atoms with Crippen molar-refractivity contribution in [3.8, 4) is 0 Å². The van der Waals surface area contributed by atoms with Gasteiger partial charge in [-0.3, -0.25) is 4.90 Å². The van der Waals surface area contributed by atoms with Gasteiger partial charge in [0.25, 0.3) is 0 Å². The molecule has 2 fully saturated rings. The molecule has 1 aromatic rings. The third kappa shape index (κ3) is 2.05. The van der Waals surface area contributed by atoms with Crippen LogP contribution in [0.15, 0.2) is 24.3 Å². The second-order valence-corrected chi connectivity index (χ2v) is 5.56. The first-order chi connectivity index (χ1) is 9.20. The quantitative estimate of drug-likeness (QED) is 0.906. The number of urea groups is 1. The zero-order valence-corrected chi connectivity index (χ0v) is 11.6. The average Bonchev–Trinajstić information content (AvgIpc) is 2.66. The highest BCUT2D eigenvalue weighted by Gasteiger charge is 2.41. The molecule has 19 heavy (non-hydrogen) atoms. The maximum atomic E-state index is 12.4. The van der Waals surface area contributed by atoms with Gasteiger partial charge in [0.1, 0.15) is 0 Å². The summed E-state index contributed by atoms with van der Waals surface area (Å²) in [5.74, 6) is 0.700. The maximum Gasteiger partial charge on any atom is 0.324 e. The van der Waals surface area contributed by atoms with Crippen LogP contribution in [0.5, 0.6) is 0 Å². The molecular weight excluding hydrogens is 238 g/mol. The first kappa shape index (κ1) is 12.3. The van der Waals surface area contributed by atoms with Crippen LogP contribution in [0.1, 0.15) is 19.3 Å². The maximum absolute atomic E-state index is 12.4. The molecule has 0 radical (unpaired) electrons. The summed E-state index contributed by atoms with van der Waals surface area (Å²) in [7, 11) is 3.83. The number of hydrogen-bond donors (Lipinski definition) is 1. The number of amides is 2. The van der Waals surface area contributed by atoms with Crippen LogP contribution >= 0.6 is 0 Å². The van der Waals surface area contributed by atoms with Crippen LogP contribution in [0.4, 0.5) is 16.2 Å². The van der Waals surface area contributed by atoms with E-state index in [0.29, 0.717) is 12.0 Å². The largest absolute Gasteiger partial charge is 0.388 e. The molecule has 102 valence electrons. The molecule has 1 saturated carbocycles. The van der Waals surface area contributed by atoms with Crippen LogP contribution in [0.25, 0.3) is 0 Å². The van der Waals surface area contributed by atoms with Gasteiger partial charge in [-0.15, -0.1) is 0 Å². The summed E-state index contributed by atoms with van der Waals surface area (Å²) in [5, 5.41) is 3.12. The van der Waals surface area contributed by atoms with Crippen molar-refractivity contribution in [2.75, 3.05) is 30.9 Å². The molecule has 2 aliphatic rings. The predicted molar refractivity (Wildman–Crippen MR) is 77.6 cm³/mol. The third-order valence-electron chi connectivity index (χ3n) is 4.54. The van der Waals surface area contributed by atoms with Crippen LogP contribution in [-0.4, -0.2) is 37.6 Å². The topological polar surface area (TPSA) is 35.6 Å². The van der Waals surface area contributed by atoms with Gasteiger partial charge >= 0.3 is 6.03 Å². The van der Waals surface area contributed by atoms with Crippen LogP contribution < -0.4 is 10.2 Å². The van der Waals surface area contributed by atoms with E-state index in [1.54, 1.807) is 0 Å². The highest BCUT2D eigenvalue weighted by molar-refractivity contribution is 5.95. The number of hydrogen-bond acceptors (Lipinski definition) is 2. The normalized spacial score (nSPS) is 23.7. The van der Waals surface area contributed by atoms with Gasteiger partial charge in [-0.25, -0.2) is 4.79 Å². The summed E-state index contributed by atoms with van der Waals surface area (Å²) in [6, 6.07) is 8.57. The fourth-order valence-electron chi connectivity index (χ4n) is 3.05. The fraction of sp³-hybridized carbons (Fsp3) is 0.533. The number of nitrogens with one attached hydrogen (secondary N) is 1. The van der Waals surface area contributed by atoms with E-state index in [4.69, 9.17) is 0 Å². The Bertz CT molecular complexity index is 484. The predicted octanol–water partition coefficient (Wildman–Crippen LogP) is 2.77. The highest BCUT2D eigenvalue weighted by Crippen LogP contribution is 2.36.